The topological polar surface area (TPSA) is 83.4 Å². The van der Waals surface area contributed by atoms with E-state index < -0.39 is 46.7 Å². The standard InChI is InChI=1S/C38H24F9N3O2/c39-36(40,41)25-7-1-21(2-8-25)24-17-32(22-3-11-28(12-4-22)51-34-15-9-26(48)19-30(34)37(42,43)44)50-33(18-24)23-5-13-29(14-6-23)52-35-16-10-27(49)20-31(35)38(45,46)47/h1-20H,48-49H2. The normalized spacial score (nSPS) is 12.1. The van der Waals surface area contributed by atoms with Gasteiger partial charge in [0.2, 0.25) is 0 Å². The molecular formula is C38H24F9N3O2. The molecular weight excluding hydrogens is 701 g/mol. The van der Waals surface area contributed by atoms with Crippen molar-refractivity contribution in [3.05, 3.63) is 138 Å². The Hall–Kier alpha value is -6.18. The number of ether oxygens (including phenoxy) is 2. The minimum absolute atomic E-state index is 0.0727. The summed E-state index contributed by atoms with van der Waals surface area (Å²) in [6.07, 6.45) is -14.0. The summed E-state index contributed by atoms with van der Waals surface area (Å²) in [7, 11) is 0. The van der Waals surface area contributed by atoms with Gasteiger partial charge in [0, 0.05) is 22.5 Å². The van der Waals surface area contributed by atoms with Crippen LogP contribution in [0.5, 0.6) is 23.0 Å². The van der Waals surface area contributed by atoms with E-state index >= 15 is 0 Å². The fraction of sp³-hybridized carbons (Fsp3) is 0.0789. The van der Waals surface area contributed by atoms with Gasteiger partial charge in [0.05, 0.1) is 17.0 Å². The molecule has 6 aromatic rings. The first-order chi connectivity index (χ1) is 24.4. The third-order valence-electron chi connectivity index (χ3n) is 7.74. The van der Waals surface area contributed by atoms with E-state index in [-0.39, 0.29) is 22.9 Å². The first kappa shape index (κ1) is 35.6. The highest BCUT2D eigenvalue weighted by Gasteiger charge is 2.36. The van der Waals surface area contributed by atoms with E-state index in [1.165, 1.54) is 48.5 Å². The first-order valence-electron chi connectivity index (χ1n) is 15.1. The average molecular weight is 726 g/mol. The minimum Gasteiger partial charge on any atom is -0.457 e. The molecule has 0 spiro atoms. The van der Waals surface area contributed by atoms with Crippen molar-refractivity contribution in [2.45, 2.75) is 18.5 Å². The summed E-state index contributed by atoms with van der Waals surface area (Å²) in [5.74, 6) is -0.776. The lowest BCUT2D eigenvalue weighted by Crippen LogP contribution is -2.08. The Balaban J connectivity index is 1.35. The number of hydrogen-bond acceptors (Lipinski definition) is 5. The van der Waals surface area contributed by atoms with E-state index in [1.807, 2.05) is 0 Å². The zero-order valence-electron chi connectivity index (χ0n) is 26.4. The molecule has 0 atom stereocenters. The monoisotopic (exact) mass is 725 g/mol. The summed E-state index contributed by atoms with van der Waals surface area (Å²) in [5, 5.41) is 0. The van der Waals surface area contributed by atoms with E-state index in [1.54, 1.807) is 36.4 Å². The van der Waals surface area contributed by atoms with Gasteiger partial charge in [0.25, 0.3) is 0 Å². The largest absolute Gasteiger partial charge is 0.457 e. The van der Waals surface area contributed by atoms with Gasteiger partial charge in [-0.2, -0.15) is 39.5 Å². The maximum Gasteiger partial charge on any atom is 0.420 e. The van der Waals surface area contributed by atoms with Crippen LogP contribution in [0, 0.1) is 0 Å². The SMILES string of the molecule is Nc1ccc(Oc2ccc(-c3cc(-c4ccc(C(F)(F)F)cc4)cc(-c4ccc(Oc5ccc(N)cc5C(F)(F)F)cc4)n3)cc2)c(C(F)(F)F)c1. The van der Waals surface area contributed by atoms with Gasteiger partial charge in [-0.25, -0.2) is 4.98 Å². The third kappa shape index (κ3) is 8.06. The van der Waals surface area contributed by atoms with Crippen LogP contribution >= 0.6 is 0 Å². The number of halogens is 9. The molecule has 0 unspecified atom stereocenters. The van der Waals surface area contributed by atoms with Crippen molar-refractivity contribution in [1.29, 1.82) is 0 Å². The zero-order chi connectivity index (χ0) is 37.4. The minimum atomic E-state index is -4.73. The number of nitrogens with two attached hydrogens (primary N) is 2. The van der Waals surface area contributed by atoms with Crippen molar-refractivity contribution in [3.8, 4) is 56.6 Å². The number of hydrogen-bond donors (Lipinski definition) is 2. The maximum absolute atomic E-state index is 13.6. The molecule has 0 aliphatic heterocycles. The van der Waals surface area contributed by atoms with Gasteiger partial charge in [0.1, 0.15) is 34.1 Å². The number of rotatable bonds is 7. The fourth-order valence-electron chi connectivity index (χ4n) is 5.20. The van der Waals surface area contributed by atoms with Crippen LogP contribution in [0.3, 0.4) is 0 Å². The molecule has 1 aromatic heterocycles. The number of nitrogens with zero attached hydrogens (tertiary/aromatic N) is 1. The Morgan fingerprint density at radius 2 is 0.788 bits per heavy atom. The molecule has 6 rings (SSSR count). The predicted molar refractivity (Wildman–Crippen MR) is 177 cm³/mol. The molecule has 266 valence electrons. The van der Waals surface area contributed by atoms with Crippen molar-refractivity contribution >= 4 is 11.4 Å². The van der Waals surface area contributed by atoms with E-state index in [0.717, 1.165) is 36.4 Å². The van der Waals surface area contributed by atoms with Gasteiger partial charge in [-0.15, -0.1) is 0 Å². The summed E-state index contributed by atoms with van der Waals surface area (Å²) >= 11 is 0. The smallest absolute Gasteiger partial charge is 0.420 e. The summed E-state index contributed by atoms with van der Waals surface area (Å²) in [6.45, 7) is 0. The van der Waals surface area contributed by atoms with E-state index in [9.17, 15) is 39.5 Å². The Morgan fingerprint density at radius 3 is 1.15 bits per heavy atom. The van der Waals surface area contributed by atoms with Gasteiger partial charge in [0.15, 0.2) is 0 Å². The summed E-state index contributed by atoms with van der Waals surface area (Å²) in [6, 6.07) is 25.9. The highest BCUT2D eigenvalue weighted by atomic mass is 19.4. The number of anilines is 2. The highest BCUT2D eigenvalue weighted by Crippen LogP contribution is 2.41. The second-order valence-corrected chi connectivity index (χ2v) is 11.5. The molecule has 0 saturated carbocycles. The summed E-state index contributed by atoms with van der Waals surface area (Å²) < 4.78 is 132. The molecule has 5 nitrogen and oxygen atoms in total. The maximum atomic E-state index is 13.6. The van der Waals surface area contributed by atoms with Crippen molar-refractivity contribution in [3.63, 3.8) is 0 Å². The molecule has 4 N–H and O–H groups in total. The van der Waals surface area contributed by atoms with Gasteiger partial charge in [-0.05, 0) is 120 Å². The van der Waals surface area contributed by atoms with E-state index in [2.05, 4.69) is 0 Å². The predicted octanol–water partition coefficient (Wildman–Crippen LogP) is 11.9. The molecule has 0 saturated heterocycles. The number of pyridine rings is 1. The van der Waals surface area contributed by atoms with E-state index in [0.29, 0.717) is 33.6 Å². The molecule has 0 amide bonds. The molecule has 5 aromatic carbocycles. The Morgan fingerprint density at radius 1 is 0.404 bits per heavy atom. The van der Waals surface area contributed by atoms with Gasteiger partial charge in [-0.1, -0.05) is 12.1 Å². The molecule has 0 aliphatic rings. The van der Waals surface area contributed by atoms with Crippen LogP contribution in [0.4, 0.5) is 50.9 Å². The second-order valence-electron chi connectivity index (χ2n) is 11.5. The average Bonchev–Trinajstić information content (AvgIpc) is 3.09. The van der Waals surface area contributed by atoms with Crippen LogP contribution in [0.1, 0.15) is 16.7 Å². The van der Waals surface area contributed by atoms with Crippen LogP contribution in [0.15, 0.2) is 121 Å². The third-order valence-corrected chi connectivity index (χ3v) is 7.74. The van der Waals surface area contributed by atoms with Crippen LogP contribution in [-0.4, -0.2) is 4.98 Å². The van der Waals surface area contributed by atoms with Crippen LogP contribution in [0.25, 0.3) is 33.6 Å². The number of alkyl halides is 9. The zero-order valence-corrected chi connectivity index (χ0v) is 26.4. The van der Waals surface area contributed by atoms with Crippen molar-refractivity contribution in [2.24, 2.45) is 0 Å². The number of nitrogen functional groups attached to an aromatic ring is 2. The lowest BCUT2D eigenvalue weighted by molar-refractivity contribution is -0.139. The second kappa shape index (κ2) is 13.5. The number of aromatic nitrogens is 1. The first-order valence-corrected chi connectivity index (χ1v) is 15.1. The summed E-state index contributed by atoms with van der Waals surface area (Å²) in [4.78, 5) is 4.71. The Labute approximate surface area is 289 Å². The van der Waals surface area contributed by atoms with E-state index in [4.69, 9.17) is 25.9 Å². The van der Waals surface area contributed by atoms with Crippen LogP contribution in [-0.2, 0) is 18.5 Å². The van der Waals surface area contributed by atoms with Gasteiger partial charge in [-0.3, -0.25) is 0 Å². The Kier molecular flexibility index (Phi) is 9.26. The fourth-order valence-corrected chi connectivity index (χ4v) is 5.20. The van der Waals surface area contributed by atoms with Gasteiger partial charge < -0.3 is 20.9 Å². The van der Waals surface area contributed by atoms with Crippen molar-refractivity contribution < 1.29 is 49.0 Å². The lowest BCUT2D eigenvalue weighted by atomic mass is 9.99. The summed E-state index contributed by atoms with van der Waals surface area (Å²) in [5.41, 5.74) is 10.5. The van der Waals surface area contributed by atoms with Crippen LogP contribution in [0.2, 0.25) is 0 Å². The van der Waals surface area contributed by atoms with Crippen molar-refractivity contribution in [2.75, 3.05) is 11.5 Å². The molecule has 0 bridgehead atoms. The van der Waals surface area contributed by atoms with Crippen molar-refractivity contribution in [1.82, 2.24) is 4.98 Å². The quantitative estimate of drug-likeness (QED) is 0.126. The van der Waals surface area contributed by atoms with Gasteiger partial charge >= 0.3 is 18.5 Å². The molecule has 0 fully saturated rings. The molecule has 1 heterocycles. The Bertz CT molecular complexity index is 2090. The van der Waals surface area contributed by atoms with Crippen LogP contribution < -0.4 is 20.9 Å². The lowest BCUT2D eigenvalue weighted by Gasteiger charge is -2.15. The molecule has 14 heteroatoms. The molecule has 0 aliphatic carbocycles. The number of benzene rings is 5. The highest BCUT2D eigenvalue weighted by molar-refractivity contribution is 5.77. The molecule has 52 heavy (non-hydrogen) atoms. The molecule has 0 radical (unpaired) electrons.